The maximum absolute atomic E-state index is 13.8. The van der Waals surface area contributed by atoms with Crippen LogP contribution in [-0.2, 0) is 12.8 Å². The molecule has 1 saturated heterocycles. The number of hydrogen-bond donors (Lipinski definition) is 1. The highest BCUT2D eigenvalue weighted by atomic mass is 19.1. The molecule has 1 fully saturated rings. The molecule has 1 N–H and O–H groups in total. The van der Waals surface area contributed by atoms with Crippen LogP contribution in [-0.4, -0.2) is 29.6 Å². The summed E-state index contributed by atoms with van der Waals surface area (Å²) in [6.45, 7) is 2.61. The van der Waals surface area contributed by atoms with Crippen LogP contribution in [0.25, 0.3) is 0 Å². The minimum atomic E-state index is -0.530. The Hall–Kier alpha value is -1.78. The number of aliphatic hydroxyl groups is 1. The summed E-state index contributed by atoms with van der Waals surface area (Å²) in [6.07, 6.45) is 4.21. The highest BCUT2D eigenvalue weighted by molar-refractivity contribution is 5.33. The fourth-order valence-electron chi connectivity index (χ4n) is 4.63. The molecule has 0 bridgehead atoms. The second-order valence-corrected chi connectivity index (χ2v) is 7.79. The molecule has 1 spiro atoms. The van der Waals surface area contributed by atoms with Crippen LogP contribution >= 0.6 is 0 Å². The van der Waals surface area contributed by atoms with Crippen LogP contribution in [0.15, 0.2) is 42.5 Å². The summed E-state index contributed by atoms with van der Waals surface area (Å²) in [4.78, 5) is 2.33. The lowest BCUT2D eigenvalue weighted by molar-refractivity contribution is -0.0388. The van der Waals surface area contributed by atoms with Crippen molar-refractivity contribution in [2.45, 2.75) is 38.2 Å². The standard InChI is InChI=1S/C22H25F2NO/c23-18-6-5-17(20(24)15-18)8-12-25-13-10-22(11-14-25)9-7-16-3-1-2-4-19(16)21(22)26/h1-6,15,21,26H,7-14H2. The molecule has 2 aliphatic rings. The number of fused-ring (bicyclic) bond motifs is 1. The van der Waals surface area contributed by atoms with Crippen molar-refractivity contribution in [3.8, 4) is 0 Å². The molecule has 1 heterocycles. The van der Waals surface area contributed by atoms with E-state index < -0.39 is 11.6 Å². The Bertz CT molecular complexity index is 783. The summed E-state index contributed by atoms with van der Waals surface area (Å²) in [6, 6.07) is 12.0. The number of hydrogen-bond acceptors (Lipinski definition) is 2. The number of nitrogens with zero attached hydrogens (tertiary/aromatic N) is 1. The zero-order valence-electron chi connectivity index (χ0n) is 14.9. The number of halogens is 2. The van der Waals surface area contributed by atoms with Gasteiger partial charge in [-0.25, -0.2) is 8.78 Å². The second-order valence-electron chi connectivity index (χ2n) is 7.79. The molecule has 0 aromatic heterocycles. The van der Waals surface area contributed by atoms with Gasteiger partial charge in [0.05, 0.1) is 6.10 Å². The molecule has 4 heteroatoms. The fourth-order valence-corrected chi connectivity index (χ4v) is 4.63. The van der Waals surface area contributed by atoms with Crippen molar-refractivity contribution < 1.29 is 13.9 Å². The first kappa shape index (κ1) is 17.6. The molecule has 0 amide bonds. The molecule has 2 aromatic rings. The van der Waals surface area contributed by atoms with E-state index in [1.807, 2.05) is 12.1 Å². The molecule has 2 nitrogen and oxygen atoms in total. The number of aryl methyl sites for hydroxylation is 1. The first-order valence-electron chi connectivity index (χ1n) is 9.50. The number of likely N-dealkylation sites (tertiary alicyclic amines) is 1. The molecule has 26 heavy (non-hydrogen) atoms. The Labute approximate surface area is 153 Å². The molecule has 138 valence electrons. The Morgan fingerprint density at radius 2 is 1.81 bits per heavy atom. The zero-order chi connectivity index (χ0) is 18.1. The third-order valence-electron chi connectivity index (χ3n) is 6.39. The molecule has 1 aliphatic carbocycles. The molecule has 1 atom stereocenters. The second kappa shape index (κ2) is 7.09. The maximum atomic E-state index is 13.8. The van der Waals surface area contributed by atoms with E-state index in [4.69, 9.17) is 0 Å². The van der Waals surface area contributed by atoms with Gasteiger partial charge in [0.2, 0.25) is 0 Å². The third kappa shape index (κ3) is 3.28. The first-order valence-corrected chi connectivity index (χ1v) is 9.50. The van der Waals surface area contributed by atoms with Gasteiger partial charge in [-0.05, 0) is 68.0 Å². The van der Waals surface area contributed by atoms with Crippen molar-refractivity contribution in [2.24, 2.45) is 5.41 Å². The van der Waals surface area contributed by atoms with E-state index in [1.165, 1.54) is 17.7 Å². The van der Waals surface area contributed by atoms with Crippen molar-refractivity contribution in [3.63, 3.8) is 0 Å². The van der Waals surface area contributed by atoms with Crippen molar-refractivity contribution in [1.29, 1.82) is 0 Å². The van der Waals surface area contributed by atoms with E-state index in [2.05, 4.69) is 17.0 Å². The quantitative estimate of drug-likeness (QED) is 0.887. The molecule has 2 aromatic carbocycles. The van der Waals surface area contributed by atoms with Crippen LogP contribution in [0.4, 0.5) is 8.78 Å². The Morgan fingerprint density at radius 1 is 1.04 bits per heavy atom. The van der Waals surface area contributed by atoms with Crippen LogP contribution in [0.5, 0.6) is 0 Å². The SMILES string of the molecule is OC1c2ccccc2CCC12CCN(CCc1ccc(F)cc1F)CC2. The van der Waals surface area contributed by atoms with Crippen LogP contribution in [0.3, 0.4) is 0 Å². The van der Waals surface area contributed by atoms with Crippen LogP contribution < -0.4 is 0 Å². The molecule has 0 saturated carbocycles. The van der Waals surface area contributed by atoms with Gasteiger partial charge >= 0.3 is 0 Å². The van der Waals surface area contributed by atoms with Crippen LogP contribution in [0, 0.1) is 17.0 Å². The van der Waals surface area contributed by atoms with Gasteiger partial charge < -0.3 is 10.0 Å². The predicted octanol–water partition coefficient (Wildman–Crippen LogP) is 4.27. The number of piperidine rings is 1. The van der Waals surface area contributed by atoms with Gasteiger partial charge in [-0.15, -0.1) is 0 Å². The normalized spacial score (nSPS) is 22.3. The highest BCUT2D eigenvalue weighted by Crippen LogP contribution is 2.50. The number of rotatable bonds is 3. The minimum Gasteiger partial charge on any atom is -0.388 e. The summed E-state index contributed by atoms with van der Waals surface area (Å²) in [5.74, 6) is -0.990. The van der Waals surface area contributed by atoms with E-state index in [9.17, 15) is 13.9 Å². The Balaban J connectivity index is 1.37. The van der Waals surface area contributed by atoms with Gasteiger partial charge in [0.25, 0.3) is 0 Å². The van der Waals surface area contributed by atoms with Crippen LogP contribution in [0.1, 0.15) is 42.1 Å². The molecule has 0 radical (unpaired) electrons. The number of benzene rings is 2. The molecular formula is C22H25F2NO. The first-order chi connectivity index (χ1) is 12.6. The van der Waals surface area contributed by atoms with E-state index in [-0.39, 0.29) is 11.5 Å². The van der Waals surface area contributed by atoms with Gasteiger partial charge in [-0.2, -0.15) is 0 Å². The number of aliphatic hydroxyl groups excluding tert-OH is 1. The van der Waals surface area contributed by atoms with E-state index in [0.29, 0.717) is 12.0 Å². The van der Waals surface area contributed by atoms with Gasteiger partial charge in [0.1, 0.15) is 11.6 Å². The Kier molecular flexibility index (Phi) is 4.80. The monoisotopic (exact) mass is 357 g/mol. The average molecular weight is 357 g/mol. The lowest BCUT2D eigenvalue weighted by Crippen LogP contribution is -2.45. The Morgan fingerprint density at radius 3 is 2.58 bits per heavy atom. The summed E-state index contributed by atoms with van der Waals surface area (Å²) in [7, 11) is 0. The van der Waals surface area contributed by atoms with E-state index in [0.717, 1.165) is 56.9 Å². The van der Waals surface area contributed by atoms with Gasteiger partial charge in [0.15, 0.2) is 0 Å². The largest absolute Gasteiger partial charge is 0.388 e. The molecule has 1 unspecified atom stereocenters. The lowest BCUT2D eigenvalue weighted by Gasteiger charge is -2.47. The summed E-state index contributed by atoms with van der Waals surface area (Å²) >= 11 is 0. The average Bonchev–Trinajstić information content (AvgIpc) is 2.66. The van der Waals surface area contributed by atoms with E-state index in [1.54, 1.807) is 0 Å². The van der Waals surface area contributed by atoms with Crippen molar-refractivity contribution in [1.82, 2.24) is 4.90 Å². The van der Waals surface area contributed by atoms with Crippen molar-refractivity contribution >= 4 is 0 Å². The molecular weight excluding hydrogens is 332 g/mol. The van der Waals surface area contributed by atoms with Gasteiger partial charge in [-0.1, -0.05) is 30.3 Å². The lowest BCUT2D eigenvalue weighted by atomic mass is 9.64. The van der Waals surface area contributed by atoms with E-state index >= 15 is 0 Å². The predicted molar refractivity (Wildman–Crippen MR) is 97.9 cm³/mol. The van der Waals surface area contributed by atoms with Crippen molar-refractivity contribution in [2.75, 3.05) is 19.6 Å². The van der Waals surface area contributed by atoms with Gasteiger partial charge in [0, 0.05) is 18.0 Å². The summed E-state index contributed by atoms with van der Waals surface area (Å²) in [5.41, 5.74) is 2.92. The fraction of sp³-hybridized carbons (Fsp3) is 0.455. The third-order valence-corrected chi connectivity index (χ3v) is 6.39. The topological polar surface area (TPSA) is 23.5 Å². The molecule has 4 rings (SSSR count). The molecule has 1 aliphatic heterocycles. The maximum Gasteiger partial charge on any atom is 0.129 e. The zero-order valence-corrected chi connectivity index (χ0v) is 14.9. The smallest absolute Gasteiger partial charge is 0.129 e. The van der Waals surface area contributed by atoms with Crippen molar-refractivity contribution in [3.05, 3.63) is 70.8 Å². The minimum absolute atomic E-state index is 0.0218. The summed E-state index contributed by atoms with van der Waals surface area (Å²) in [5, 5.41) is 11.0. The van der Waals surface area contributed by atoms with Gasteiger partial charge in [-0.3, -0.25) is 0 Å². The van der Waals surface area contributed by atoms with Crippen LogP contribution in [0.2, 0.25) is 0 Å². The highest BCUT2D eigenvalue weighted by Gasteiger charge is 2.44. The summed E-state index contributed by atoms with van der Waals surface area (Å²) < 4.78 is 26.8.